The van der Waals surface area contributed by atoms with Gasteiger partial charge in [0.05, 0.1) is 12.3 Å². The Morgan fingerprint density at radius 2 is 1.45 bits per heavy atom. The van der Waals surface area contributed by atoms with Crippen LogP contribution < -0.4 is 19.7 Å². The highest BCUT2D eigenvalue weighted by molar-refractivity contribution is 6.30. The number of carbonyl (C=O) groups is 2. The van der Waals surface area contributed by atoms with Crippen molar-refractivity contribution in [1.82, 2.24) is 10.2 Å². The first kappa shape index (κ1) is 29.0. The maximum Gasteiger partial charge on any atom is 0.333 e. The van der Waals surface area contributed by atoms with Crippen molar-refractivity contribution in [2.24, 2.45) is 0 Å². The Bertz CT molecular complexity index is 1240. The van der Waals surface area contributed by atoms with Crippen LogP contribution in [0.5, 0.6) is 17.2 Å². The third kappa shape index (κ3) is 7.51. The van der Waals surface area contributed by atoms with Gasteiger partial charge in [0.15, 0.2) is 0 Å². The molecule has 3 amide bonds. The first-order chi connectivity index (χ1) is 18.0. The van der Waals surface area contributed by atoms with Crippen molar-refractivity contribution in [2.45, 2.75) is 20.3 Å². The molecule has 0 aromatic heterocycles. The summed E-state index contributed by atoms with van der Waals surface area (Å²) in [6.07, 6.45) is 2.57. The van der Waals surface area contributed by atoms with Crippen LogP contribution in [0, 0.1) is 0 Å². The fourth-order valence-electron chi connectivity index (χ4n) is 3.92. The van der Waals surface area contributed by atoms with Crippen LogP contribution in [0.1, 0.15) is 25.8 Å². The van der Waals surface area contributed by atoms with Crippen LogP contribution in [0.25, 0.3) is 6.08 Å². The van der Waals surface area contributed by atoms with E-state index in [1.165, 1.54) is 0 Å². The molecule has 0 spiro atoms. The molecule has 1 heterocycles. The molecule has 7 nitrogen and oxygen atoms in total. The molecule has 1 N–H and O–H groups in total. The second kappa shape index (κ2) is 13.9. The summed E-state index contributed by atoms with van der Waals surface area (Å²) in [4.78, 5) is 29.0. The van der Waals surface area contributed by atoms with Gasteiger partial charge in [-0.2, -0.15) is 0 Å². The summed E-state index contributed by atoms with van der Waals surface area (Å²) in [5.74, 6) is 1.59. The van der Waals surface area contributed by atoms with Crippen molar-refractivity contribution in [1.29, 1.82) is 0 Å². The van der Waals surface area contributed by atoms with Crippen LogP contribution in [0.3, 0.4) is 0 Å². The highest BCUT2D eigenvalue weighted by atomic mass is 35.5. The largest absolute Gasteiger partial charge is 0.494 e. The molecule has 1 saturated heterocycles. The Morgan fingerprint density at radius 1 is 0.868 bits per heavy atom. The van der Waals surface area contributed by atoms with Crippen LogP contribution in [-0.4, -0.2) is 43.1 Å². The van der Waals surface area contributed by atoms with Crippen molar-refractivity contribution < 1.29 is 19.1 Å². The van der Waals surface area contributed by atoms with E-state index in [1.54, 1.807) is 66.7 Å². The van der Waals surface area contributed by atoms with Crippen molar-refractivity contribution in [3.63, 3.8) is 0 Å². The molecule has 3 aromatic carbocycles. The number of hydrogen-bond donors (Lipinski definition) is 1. The lowest BCUT2D eigenvalue weighted by Gasteiger charge is -2.18. The van der Waals surface area contributed by atoms with Crippen molar-refractivity contribution in [3.05, 3.63) is 89.1 Å². The number of benzene rings is 3. The van der Waals surface area contributed by atoms with Gasteiger partial charge in [-0.25, -0.2) is 9.69 Å². The predicted octanol–water partition coefficient (Wildman–Crippen LogP) is 6.76. The number of urea groups is 1. The molecule has 38 heavy (non-hydrogen) atoms. The Morgan fingerprint density at radius 3 is 2.05 bits per heavy atom. The zero-order valence-corrected chi connectivity index (χ0v) is 22.9. The van der Waals surface area contributed by atoms with Gasteiger partial charge in [0.25, 0.3) is 5.91 Å². The third-order valence-electron chi connectivity index (χ3n) is 6.00. The highest BCUT2D eigenvalue weighted by Crippen LogP contribution is 2.26. The normalized spacial score (nSPS) is 14.0. The molecular weight excluding hydrogens is 525 g/mol. The van der Waals surface area contributed by atoms with E-state index >= 15 is 0 Å². The minimum atomic E-state index is -0.494. The number of rotatable bonds is 11. The van der Waals surface area contributed by atoms with Gasteiger partial charge in [0.1, 0.15) is 22.9 Å². The fourth-order valence-corrected chi connectivity index (χ4v) is 4.04. The van der Waals surface area contributed by atoms with Crippen LogP contribution >= 0.6 is 24.0 Å². The number of carbonyl (C=O) groups excluding carboxylic acids is 2. The SMILES string of the molecule is CCN(CC)CCCOc1ccc(N2C(=O)NC(=Cc3ccc(Oc4ccc(Cl)cc4)cc3)C2=O)cc1.Cl. The third-order valence-corrected chi connectivity index (χ3v) is 6.25. The molecule has 0 bridgehead atoms. The van der Waals surface area contributed by atoms with E-state index in [0.717, 1.165) is 36.5 Å². The van der Waals surface area contributed by atoms with Gasteiger partial charge in [-0.15, -0.1) is 12.4 Å². The lowest BCUT2D eigenvalue weighted by molar-refractivity contribution is -0.113. The Balaban J connectivity index is 0.00000400. The number of amides is 3. The number of ether oxygens (including phenoxy) is 2. The van der Waals surface area contributed by atoms with E-state index in [4.69, 9.17) is 21.1 Å². The zero-order chi connectivity index (χ0) is 26.2. The van der Waals surface area contributed by atoms with Crippen molar-refractivity contribution in [2.75, 3.05) is 31.1 Å². The van der Waals surface area contributed by atoms with E-state index in [1.807, 2.05) is 12.1 Å². The Labute approximate surface area is 234 Å². The van der Waals surface area contributed by atoms with Gasteiger partial charge in [-0.1, -0.05) is 37.6 Å². The van der Waals surface area contributed by atoms with Gasteiger partial charge in [0, 0.05) is 11.6 Å². The van der Waals surface area contributed by atoms with Gasteiger partial charge in [-0.3, -0.25) is 4.79 Å². The van der Waals surface area contributed by atoms with Crippen molar-refractivity contribution >= 4 is 47.7 Å². The molecule has 0 saturated carbocycles. The summed E-state index contributed by atoms with van der Waals surface area (Å²) >= 11 is 5.91. The molecule has 0 radical (unpaired) electrons. The highest BCUT2D eigenvalue weighted by Gasteiger charge is 2.34. The quantitative estimate of drug-likeness (QED) is 0.161. The minimum Gasteiger partial charge on any atom is -0.494 e. The van der Waals surface area contributed by atoms with E-state index < -0.39 is 11.9 Å². The molecule has 0 atom stereocenters. The van der Waals surface area contributed by atoms with Gasteiger partial charge < -0.3 is 19.7 Å². The number of imide groups is 1. The van der Waals surface area contributed by atoms with Gasteiger partial charge >= 0.3 is 6.03 Å². The molecular formula is C29H31Cl2N3O4. The summed E-state index contributed by atoms with van der Waals surface area (Å²) in [6, 6.07) is 20.8. The Hall–Kier alpha value is -3.52. The maximum absolute atomic E-state index is 13.0. The van der Waals surface area contributed by atoms with E-state index in [-0.39, 0.29) is 18.1 Å². The number of nitrogens with one attached hydrogen (secondary N) is 1. The second-order valence-electron chi connectivity index (χ2n) is 8.48. The van der Waals surface area contributed by atoms with Crippen molar-refractivity contribution in [3.8, 4) is 17.2 Å². The predicted molar refractivity (Wildman–Crippen MR) is 154 cm³/mol. The zero-order valence-electron chi connectivity index (χ0n) is 21.4. The fraction of sp³-hybridized carbons (Fsp3) is 0.241. The number of anilines is 1. The van der Waals surface area contributed by atoms with Gasteiger partial charge in [0.2, 0.25) is 0 Å². The number of hydrogen-bond acceptors (Lipinski definition) is 5. The molecule has 3 aromatic rings. The lowest BCUT2D eigenvalue weighted by Crippen LogP contribution is -2.30. The molecule has 1 aliphatic rings. The lowest BCUT2D eigenvalue weighted by atomic mass is 10.2. The number of halogens is 2. The van der Waals surface area contributed by atoms with Crippen LogP contribution in [0.2, 0.25) is 5.02 Å². The monoisotopic (exact) mass is 555 g/mol. The minimum absolute atomic E-state index is 0. The maximum atomic E-state index is 13.0. The van der Waals surface area contributed by atoms with E-state index in [2.05, 4.69) is 24.1 Å². The molecule has 0 aliphatic carbocycles. The average Bonchev–Trinajstić information content (AvgIpc) is 3.19. The smallest absolute Gasteiger partial charge is 0.333 e. The molecule has 1 fully saturated rings. The molecule has 200 valence electrons. The first-order valence-electron chi connectivity index (χ1n) is 12.3. The average molecular weight is 556 g/mol. The first-order valence-corrected chi connectivity index (χ1v) is 12.7. The van der Waals surface area contributed by atoms with Crippen LogP contribution in [0.15, 0.2) is 78.5 Å². The molecule has 1 aliphatic heterocycles. The van der Waals surface area contributed by atoms with Crippen LogP contribution in [0.4, 0.5) is 10.5 Å². The van der Waals surface area contributed by atoms with Crippen LogP contribution in [-0.2, 0) is 4.79 Å². The topological polar surface area (TPSA) is 71.1 Å². The van der Waals surface area contributed by atoms with E-state index in [9.17, 15) is 9.59 Å². The summed E-state index contributed by atoms with van der Waals surface area (Å²) in [5, 5.41) is 3.29. The van der Waals surface area contributed by atoms with E-state index in [0.29, 0.717) is 34.6 Å². The Kier molecular flexibility index (Phi) is 10.6. The number of nitrogens with zero attached hydrogens (tertiary/aromatic N) is 2. The summed E-state index contributed by atoms with van der Waals surface area (Å²) in [7, 11) is 0. The molecule has 9 heteroatoms. The summed E-state index contributed by atoms with van der Waals surface area (Å²) in [5.41, 5.74) is 1.43. The standard InChI is InChI=1S/C29H30ClN3O4.ClH/c1-3-32(4-2)18-5-19-36-24-16-10-23(11-17-24)33-28(34)27(31-29(33)35)20-21-6-12-25(13-7-21)37-26-14-8-22(30)9-15-26;/h6-17,20H,3-5,18-19H2,1-2H3,(H,31,35);1H. The second-order valence-corrected chi connectivity index (χ2v) is 8.91. The summed E-state index contributed by atoms with van der Waals surface area (Å²) in [6.45, 7) is 7.94. The molecule has 4 rings (SSSR count). The molecule has 0 unspecified atom stereocenters. The summed E-state index contributed by atoms with van der Waals surface area (Å²) < 4.78 is 11.6. The van der Waals surface area contributed by atoms with Gasteiger partial charge in [-0.05, 0) is 91.8 Å².